The number of rotatable bonds is 2. The maximum Gasteiger partial charge on any atom is 0.338 e. The van der Waals surface area contributed by atoms with E-state index in [2.05, 4.69) is 6.58 Å². The number of carbonyl (C=O) groups excluding carboxylic acids is 1. The Hall–Kier alpha value is -2.28. The highest BCUT2D eigenvalue weighted by Crippen LogP contribution is 2.23. The van der Waals surface area contributed by atoms with Crippen molar-refractivity contribution in [2.75, 3.05) is 0 Å². The Bertz CT molecular complexity index is 457. The molecule has 0 amide bonds. The molecule has 0 saturated heterocycles. The summed E-state index contributed by atoms with van der Waals surface area (Å²) in [4.78, 5) is 11.2. The van der Waals surface area contributed by atoms with E-state index in [0.717, 1.165) is 0 Å². The number of phenols is 1. The normalized spacial score (nSPS) is 9.07. The average Bonchev–Trinajstić information content (AvgIpc) is 2.20. The van der Waals surface area contributed by atoms with Crippen molar-refractivity contribution < 1.29 is 14.6 Å². The van der Waals surface area contributed by atoms with E-state index < -0.39 is 5.97 Å². The third kappa shape index (κ3) is 2.58. The fourth-order valence-electron chi connectivity index (χ4n) is 0.881. The molecule has 1 rings (SSSR count). The van der Waals surface area contributed by atoms with Gasteiger partial charge in [-0.25, -0.2) is 4.79 Å². The van der Waals surface area contributed by atoms with E-state index in [1.165, 1.54) is 25.1 Å². The molecule has 0 aliphatic rings. The summed E-state index contributed by atoms with van der Waals surface area (Å²) in [5.41, 5.74) is 0.344. The van der Waals surface area contributed by atoms with Gasteiger partial charge in [0.05, 0.1) is 5.56 Å². The van der Waals surface area contributed by atoms with E-state index in [1.807, 2.05) is 6.07 Å². The maximum absolute atomic E-state index is 11.2. The van der Waals surface area contributed by atoms with Gasteiger partial charge in [-0.1, -0.05) is 6.58 Å². The SMILES string of the molecule is C=C(C)C(=O)Oc1ccc(O)cc1C#N. The van der Waals surface area contributed by atoms with Crippen LogP contribution >= 0.6 is 0 Å². The summed E-state index contributed by atoms with van der Waals surface area (Å²) in [6.45, 7) is 4.93. The van der Waals surface area contributed by atoms with Crippen LogP contribution in [0, 0.1) is 11.3 Å². The lowest BCUT2D eigenvalue weighted by atomic mass is 10.2. The number of benzene rings is 1. The van der Waals surface area contributed by atoms with Crippen LogP contribution in [0.2, 0.25) is 0 Å². The van der Waals surface area contributed by atoms with Crippen molar-refractivity contribution in [3.8, 4) is 17.6 Å². The van der Waals surface area contributed by atoms with Crippen molar-refractivity contribution in [3.63, 3.8) is 0 Å². The minimum Gasteiger partial charge on any atom is -0.508 e. The average molecular weight is 203 g/mol. The largest absolute Gasteiger partial charge is 0.508 e. The van der Waals surface area contributed by atoms with Crippen molar-refractivity contribution in [1.29, 1.82) is 5.26 Å². The molecule has 1 N–H and O–H groups in total. The van der Waals surface area contributed by atoms with Gasteiger partial charge >= 0.3 is 5.97 Å². The smallest absolute Gasteiger partial charge is 0.338 e. The molecule has 0 fully saturated rings. The van der Waals surface area contributed by atoms with Gasteiger partial charge in [-0.2, -0.15) is 5.26 Å². The number of nitrogens with zero attached hydrogens (tertiary/aromatic N) is 1. The van der Waals surface area contributed by atoms with Gasteiger partial charge < -0.3 is 9.84 Å². The third-order valence-corrected chi connectivity index (χ3v) is 1.63. The highest BCUT2D eigenvalue weighted by Gasteiger charge is 2.10. The number of hydrogen-bond acceptors (Lipinski definition) is 4. The highest BCUT2D eigenvalue weighted by atomic mass is 16.5. The fraction of sp³-hybridized carbons (Fsp3) is 0.0909. The first-order valence-corrected chi connectivity index (χ1v) is 4.15. The fourth-order valence-corrected chi connectivity index (χ4v) is 0.881. The van der Waals surface area contributed by atoms with Gasteiger partial charge in [-0.05, 0) is 19.1 Å². The van der Waals surface area contributed by atoms with E-state index >= 15 is 0 Å². The van der Waals surface area contributed by atoms with Gasteiger partial charge in [0.25, 0.3) is 0 Å². The number of carbonyl (C=O) groups is 1. The van der Waals surface area contributed by atoms with Crippen LogP contribution in [0.1, 0.15) is 12.5 Å². The number of esters is 1. The molecular weight excluding hydrogens is 194 g/mol. The molecule has 4 heteroatoms. The van der Waals surface area contributed by atoms with E-state index in [4.69, 9.17) is 15.1 Å². The number of hydrogen-bond donors (Lipinski definition) is 1. The molecule has 1 aromatic rings. The molecule has 0 bridgehead atoms. The zero-order valence-electron chi connectivity index (χ0n) is 8.15. The Morgan fingerprint density at radius 3 is 2.80 bits per heavy atom. The first kappa shape index (κ1) is 10.8. The van der Waals surface area contributed by atoms with Gasteiger partial charge in [0.2, 0.25) is 0 Å². The second-order valence-electron chi connectivity index (χ2n) is 2.96. The molecule has 0 atom stereocenters. The Kier molecular flexibility index (Phi) is 3.09. The van der Waals surface area contributed by atoms with E-state index in [0.29, 0.717) is 0 Å². The molecular formula is C11H9NO3. The molecule has 0 spiro atoms. The third-order valence-electron chi connectivity index (χ3n) is 1.63. The molecule has 1 aromatic carbocycles. The number of ether oxygens (including phenoxy) is 1. The topological polar surface area (TPSA) is 70.3 Å². The molecule has 0 unspecified atom stereocenters. The summed E-state index contributed by atoms with van der Waals surface area (Å²) < 4.78 is 4.88. The van der Waals surface area contributed by atoms with Crippen LogP contribution in [0.3, 0.4) is 0 Å². The van der Waals surface area contributed by atoms with E-state index in [1.54, 1.807) is 0 Å². The first-order chi connectivity index (χ1) is 7.04. The van der Waals surface area contributed by atoms with Crippen LogP contribution < -0.4 is 4.74 Å². The van der Waals surface area contributed by atoms with Crippen molar-refractivity contribution in [2.24, 2.45) is 0 Å². The van der Waals surface area contributed by atoms with Gasteiger partial charge in [-0.3, -0.25) is 0 Å². The van der Waals surface area contributed by atoms with Crippen LogP contribution in [-0.2, 0) is 4.79 Å². The van der Waals surface area contributed by atoms with Crippen molar-refractivity contribution in [1.82, 2.24) is 0 Å². The van der Waals surface area contributed by atoms with Crippen LogP contribution in [0.4, 0.5) is 0 Å². The lowest BCUT2D eigenvalue weighted by Crippen LogP contribution is -2.09. The molecule has 0 radical (unpaired) electrons. The molecule has 15 heavy (non-hydrogen) atoms. The standard InChI is InChI=1S/C11H9NO3/c1-7(2)11(14)15-10-4-3-9(13)5-8(10)6-12/h3-5,13H,1H2,2H3. The quantitative estimate of drug-likeness (QED) is 0.451. The molecule has 0 aromatic heterocycles. The summed E-state index contributed by atoms with van der Waals surface area (Å²) in [5, 5.41) is 17.8. The summed E-state index contributed by atoms with van der Waals surface area (Å²) in [7, 11) is 0. The number of aromatic hydroxyl groups is 1. The minimum absolute atomic E-state index is 0.0540. The second-order valence-corrected chi connectivity index (χ2v) is 2.96. The molecule has 76 valence electrons. The zero-order chi connectivity index (χ0) is 11.4. The predicted molar refractivity (Wildman–Crippen MR) is 53.3 cm³/mol. The minimum atomic E-state index is -0.600. The van der Waals surface area contributed by atoms with Gasteiger partial charge in [-0.15, -0.1) is 0 Å². The highest BCUT2D eigenvalue weighted by molar-refractivity contribution is 5.89. The van der Waals surface area contributed by atoms with E-state index in [9.17, 15) is 4.79 Å². The van der Waals surface area contributed by atoms with E-state index in [-0.39, 0.29) is 22.6 Å². The van der Waals surface area contributed by atoms with Crippen LogP contribution in [0.5, 0.6) is 11.5 Å². The molecule has 0 saturated carbocycles. The number of nitriles is 1. The Morgan fingerprint density at radius 1 is 1.60 bits per heavy atom. The first-order valence-electron chi connectivity index (χ1n) is 4.15. The summed E-state index contributed by atoms with van der Waals surface area (Å²) >= 11 is 0. The van der Waals surface area contributed by atoms with Crippen LogP contribution in [-0.4, -0.2) is 11.1 Å². The van der Waals surface area contributed by atoms with Gasteiger partial charge in [0, 0.05) is 11.6 Å². The summed E-state index contributed by atoms with van der Waals surface area (Å²) in [6.07, 6.45) is 0. The maximum atomic E-state index is 11.2. The number of phenolic OH excluding ortho intramolecular Hbond substituents is 1. The van der Waals surface area contributed by atoms with Gasteiger partial charge in [0.1, 0.15) is 17.6 Å². The monoisotopic (exact) mass is 203 g/mol. The Labute approximate surface area is 87.0 Å². The van der Waals surface area contributed by atoms with Gasteiger partial charge in [0.15, 0.2) is 0 Å². The lowest BCUT2D eigenvalue weighted by molar-refractivity contribution is -0.130. The Morgan fingerprint density at radius 2 is 2.27 bits per heavy atom. The Balaban J connectivity index is 3.01. The second kappa shape index (κ2) is 4.29. The molecule has 0 aliphatic heterocycles. The molecule has 4 nitrogen and oxygen atoms in total. The van der Waals surface area contributed by atoms with Crippen LogP contribution in [0.15, 0.2) is 30.4 Å². The molecule has 0 aliphatic carbocycles. The summed E-state index contributed by atoms with van der Waals surface area (Å²) in [6, 6.07) is 5.73. The van der Waals surface area contributed by atoms with Crippen LogP contribution in [0.25, 0.3) is 0 Å². The molecule has 0 heterocycles. The van der Waals surface area contributed by atoms with Crippen molar-refractivity contribution >= 4 is 5.97 Å². The predicted octanol–water partition coefficient (Wildman–Crippen LogP) is 1.75. The zero-order valence-corrected chi connectivity index (χ0v) is 8.15. The lowest BCUT2D eigenvalue weighted by Gasteiger charge is -2.05. The van der Waals surface area contributed by atoms with Crippen molar-refractivity contribution in [3.05, 3.63) is 35.9 Å². The summed E-state index contributed by atoms with van der Waals surface area (Å²) in [5.74, 6) is -0.540. The van der Waals surface area contributed by atoms with Crippen molar-refractivity contribution in [2.45, 2.75) is 6.92 Å².